The Hall–Kier alpha value is -2.18. The van der Waals surface area contributed by atoms with Crippen LogP contribution in [0.3, 0.4) is 0 Å². The Labute approximate surface area is 139 Å². The Morgan fingerprint density at radius 2 is 2.04 bits per heavy atom. The van der Waals surface area contributed by atoms with E-state index in [0.29, 0.717) is 12.1 Å². The van der Waals surface area contributed by atoms with Gasteiger partial charge < -0.3 is 15.7 Å². The summed E-state index contributed by atoms with van der Waals surface area (Å²) in [6, 6.07) is 9.45. The van der Waals surface area contributed by atoms with Gasteiger partial charge in [-0.3, -0.25) is 9.59 Å². The van der Waals surface area contributed by atoms with Gasteiger partial charge in [0.2, 0.25) is 0 Å². The highest BCUT2D eigenvalue weighted by Gasteiger charge is 2.14. The number of rotatable bonds is 5. The lowest BCUT2D eigenvalue weighted by molar-refractivity contribution is -0.136. The summed E-state index contributed by atoms with van der Waals surface area (Å²) in [7, 11) is 0. The van der Waals surface area contributed by atoms with Crippen molar-refractivity contribution in [3.63, 3.8) is 0 Å². The molecule has 0 fully saturated rings. The van der Waals surface area contributed by atoms with Crippen LogP contribution in [-0.2, 0) is 9.59 Å². The monoisotopic (exact) mass is 332 g/mol. The first-order valence-corrected chi connectivity index (χ1v) is 8.27. The van der Waals surface area contributed by atoms with Gasteiger partial charge in [-0.15, -0.1) is 11.3 Å². The zero-order valence-corrected chi connectivity index (χ0v) is 13.9. The third-order valence-corrected chi connectivity index (χ3v) is 4.36. The Bertz CT molecular complexity index is 695. The number of anilines is 1. The fourth-order valence-corrected chi connectivity index (χ4v) is 2.99. The second-order valence-corrected chi connectivity index (χ2v) is 6.28. The van der Waals surface area contributed by atoms with E-state index in [1.165, 1.54) is 5.56 Å². The lowest BCUT2D eigenvalue weighted by Gasteiger charge is -2.09. The molecule has 1 aromatic carbocycles. The largest absolute Gasteiger partial charge is 0.393 e. The van der Waals surface area contributed by atoms with Gasteiger partial charge in [0.25, 0.3) is 0 Å². The Morgan fingerprint density at radius 1 is 1.26 bits per heavy atom. The Morgan fingerprint density at radius 3 is 2.70 bits per heavy atom. The van der Waals surface area contributed by atoms with Crippen LogP contribution in [-0.4, -0.2) is 29.6 Å². The third-order valence-electron chi connectivity index (χ3n) is 3.30. The first-order valence-electron chi connectivity index (χ1n) is 7.39. The number of carbonyl (C=O) groups is 2. The van der Waals surface area contributed by atoms with Gasteiger partial charge in [0.05, 0.1) is 6.10 Å². The number of thiophene rings is 1. The summed E-state index contributed by atoms with van der Waals surface area (Å²) in [5.74, 6) is -1.42. The lowest BCUT2D eigenvalue weighted by Crippen LogP contribution is -2.36. The number of carbonyl (C=O) groups excluding carboxylic acids is 2. The van der Waals surface area contributed by atoms with Gasteiger partial charge in [-0.05, 0) is 55.0 Å². The van der Waals surface area contributed by atoms with Crippen LogP contribution < -0.4 is 10.6 Å². The van der Waals surface area contributed by atoms with E-state index in [1.807, 2.05) is 36.6 Å². The van der Waals surface area contributed by atoms with Gasteiger partial charge in [0, 0.05) is 17.1 Å². The van der Waals surface area contributed by atoms with Crippen molar-refractivity contribution in [2.24, 2.45) is 0 Å². The van der Waals surface area contributed by atoms with E-state index in [9.17, 15) is 9.59 Å². The molecule has 23 heavy (non-hydrogen) atoms. The molecule has 0 radical (unpaired) electrons. The molecular weight excluding hydrogens is 312 g/mol. The third kappa shape index (κ3) is 4.91. The van der Waals surface area contributed by atoms with Crippen molar-refractivity contribution in [2.45, 2.75) is 26.4 Å². The van der Waals surface area contributed by atoms with E-state index in [2.05, 4.69) is 10.6 Å². The second-order valence-electron chi connectivity index (χ2n) is 5.36. The minimum absolute atomic E-state index is 0.262. The molecule has 2 amide bonds. The quantitative estimate of drug-likeness (QED) is 0.736. The maximum atomic E-state index is 11.9. The molecule has 122 valence electrons. The highest BCUT2D eigenvalue weighted by molar-refractivity contribution is 7.13. The Balaban J connectivity index is 1.99. The predicted molar refractivity (Wildman–Crippen MR) is 92.4 cm³/mol. The van der Waals surface area contributed by atoms with E-state index in [-0.39, 0.29) is 6.54 Å². The zero-order valence-electron chi connectivity index (χ0n) is 13.1. The molecule has 2 aromatic rings. The molecule has 1 heterocycles. The number of aliphatic hydroxyl groups excluding tert-OH is 1. The van der Waals surface area contributed by atoms with Gasteiger partial charge in [-0.2, -0.15) is 0 Å². The highest BCUT2D eigenvalue weighted by atomic mass is 32.1. The van der Waals surface area contributed by atoms with Crippen LogP contribution in [0.15, 0.2) is 35.7 Å². The molecule has 0 aliphatic heterocycles. The SMILES string of the molecule is Cc1ccsc1-c1cccc(NC(=O)C(=O)NCCC(C)O)c1. The first kappa shape index (κ1) is 17.2. The fourth-order valence-electron chi connectivity index (χ4n) is 2.07. The highest BCUT2D eigenvalue weighted by Crippen LogP contribution is 2.30. The van der Waals surface area contributed by atoms with Crippen LogP contribution in [0.1, 0.15) is 18.9 Å². The van der Waals surface area contributed by atoms with Crippen molar-refractivity contribution in [1.82, 2.24) is 5.32 Å². The summed E-state index contributed by atoms with van der Waals surface area (Å²) in [6.45, 7) is 3.93. The molecule has 1 unspecified atom stereocenters. The summed E-state index contributed by atoms with van der Waals surface area (Å²) < 4.78 is 0. The maximum absolute atomic E-state index is 11.9. The molecule has 0 aliphatic carbocycles. The minimum Gasteiger partial charge on any atom is -0.393 e. The van der Waals surface area contributed by atoms with E-state index in [4.69, 9.17) is 5.11 Å². The van der Waals surface area contributed by atoms with Crippen LogP contribution in [0.5, 0.6) is 0 Å². The van der Waals surface area contributed by atoms with Crippen LogP contribution in [0.4, 0.5) is 5.69 Å². The van der Waals surface area contributed by atoms with E-state index >= 15 is 0 Å². The molecule has 1 aromatic heterocycles. The smallest absolute Gasteiger partial charge is 0.313 e. The number of hydrogen-bond donors (Lipinski definition) is 3. The fraction of sp³-hybridized carbons (Fsp3) is 0.294. The first-order chi connectivity index (χ1) is 11.0. The van der Waals surface area contributed by atoms with Crippen molar-refractivity contribution >= 4 is 28.8 Å². The number of nitrogens with one attached hydrogen (secondary N) is 2. The normalized spacial score (nSPS) is 11.8. The maximum Gasteiger partial charge on any atom is 0.313 e. The van der Waals surface area contributed by atoms with Crippen molar-refractivity contribution in [3.8, 4) is 10.4 Å². The summed E-state index contributed by atoms with van der Waals surface area (Å²) in [5.41, 5.74) is 2.75. The molecule has 5 nitrogen and oxygen atoms in total. The van der Waals surface area contributed by atoms with Crippen molar-refractivity contribution in [2.75, 3.05) is 11.9 Å². The topological polar surface area (TPSA) is 78.4 Å². The van der Waals surface area contributed by atoms with Crippen LogP contribution in [0.2, 0.25) is 0 Å². The summed E-state index contributed by atoms with van der Waals surface area (Å²) in [5, 5.41) is 16.2. The average molecular weight is 332 g/mol. The zero-order chi connectivity index (χ0) is 16.8. The average Bonchev–Trinajstić information content (AvgIpc) is 2.93. The van der Waals surface area contributed by atoms with Crippen molar-refractivity contribution < 1.29 is 14.7 Å². The molecular formula is C17H20N2O3S. The number of aliphatic hydroxyl groups is 1. The van der Waals surface area contributed by atoms with Crippen LogP contribution in [0.25, 0.3) is 10.4 Å². The van der Waals surface area contributed by atoms with Crippen LogP contribution in [0, 0.1) is 6.92 Å². The van der Waals surface area contributed by atoms with E-state index < -0.39 is 17.9 Å². The number of benzene rings is 1. The Kier molecular flexibility index (Phi) is 5.90. The van der Waals surface area contributed by atoms with E-state index in [0.717, 1.165) is 10.4 Å². The van der Waals surface area contributed by atoms with Gasteiger partial charge in [0.15, 0.2) is 0 Å². The van der Waals surface area contributed by atoms with Crippen molar-refractivity contribution in [3.05, 3.63) is 41.3 Å². The van der Waals surface area contributed by atoms with Gasteiger partial charge in [0.1, 0.15) is 0 Å². The van der Waals surface area contributed by atoms with Crippen LogP contribution >= 0.6 is 11.3 Å². The van der Waals surface area contributed by atoms with Crippen molar-refractivity contribution in [1.29, 1.82) is 0 Å². The lowest BCUT2D eigenvalue weighted by atomic mass is 10.1. The predicted octanol–water partition coefficient (Wildman–Crippen LogP) is 2.55. The summed E-state index contributed by atoms with van der Waals surface area (Å²) in [4.78, 5) is 24.7. The number of aryl methyl sites for hydroxylation is 1. The molecule has 0 spiro atoms. The number of amides is 2. The van der Waals surface area contributed by atoms with E-state index in [1.54, 1.807) is 24.3 Å². The molecule has 3 N–H and O–H groups in total. The molecule has 0 saturated heterocycles. The molecule has 1 atom stereocenters. The summed E-state index contributed by atoms with van der Waals surface area (Å²) in [6.07, 6.45) is -0.101. The molecule has 0 bridgehead atoms. The molecule has 0 saturated carbocycles. The summed E-state index contributed by atoms with van der Waals surface area (Å²) >= 11 is 1.63. The van der Waals surface area contributed by atoms with Gasteiger partial charge in [-0.25, -0.2) is 0 Å². The molecule has 0 aliphatic rings. The molecule has 6 heteroatoms. The number of hydrogen-bond acceptors (Lipinski definition) is 4. The minimum atomic E-state index is -0.712. The molecule has 2 rings (SSSR count). The van der Waals surface area contributed by atoms with Gasteiger partial charge in [-0.1, -0.05) is 12.1 Å². The van der Waals surface area contributed by atoms with Gasteiger partial charge >= 0.3 is 11.8 Å². The second kappa shape index (κ2) is 7.89. The standard InChI is InChI=1S/C17H20N2O3S/c1-11-7-9-23-15(11)13-4-3-5-14(10-13)19-17(22)16(21)18-8-6-12(2)20/h3-5,7,9-10,12,20H,6,8H2,1-2H3,(H,18,21)(H,19,22).